The van der Waals surface area contributed by atoms with Crippen LogP contribution in [-0.4, -0.2) is 47.9 Å². The van der Waals surface area contributed by atoms with Crippen molar-refractivity contribution in [3.8, 4) is 0 Å². The standard InChI is InChI=1S/C15H22N2O/c1-12(2)16-8-10-17(11-9-16)15(18)14-6-4-13(3)5-7-14/h4-7,12H,8-11H2,1-3H3. The zero-order chi connectivity index (χ0) is 13.1. The lowest BCUT2D eigenvalue weighted by Crippen LogP contribution is -2.50. The fraction of sp³-hybridized carbons (Fsp3) is 0.533. The highest BCUT2D eigenvalue weighted by Gasteiger charge is 2.22. The zero-order valence-corrected chi connectivity index (χ0v) is 11.5. The Labute approximate surface area is 109 Å². The summed E-state index contributed by atoms with van der Waals surface area (Å²) in [5.74, 6) is 0.165. The molecule has 1 aliphatic rings. The lowest BCUT2D eigenvalue weighted by molar-refractivity contribution is 0.0595. The molecule has 1 amide bonds. The first kappa shape index (κ1) is 13.1. The molecule has 18 heavy (non-hydrogen) atoms. The Morgan fingerprint density at radius 2 is 1.61 bits per heavy atom. The molecule has 0 aliphatic carbocycles. The average molecular weight is 246 g/mol. The zero-order valence-electron chi connectivity index (χ0n) is 11.5. The molecule has 0 N–H and O–H groups in total. The summed E-state index contributed by atoms with van der Waals surface area (Å²) in [4.78, 5) is 16.7. The lowest BCUT2D eigenvalue weighted by atomic mass is 10.1. The van der Waals surface area contributed by atoms with E-state index in [-0.39, 0.29) is 5.91 Å². The van der Waals surface area contributed by atoms with E-state index >= 15 is 0 Å². The second-order valence-electron chi connectivity index (χ2n) is 5.29. The minimum absolute atomic E-state index is 0.165. The molecule has 1 aromatic carbocycles. The predicted molar refractivity (Wildman–Crippen MR) is 73.8 cm³/mol. The molecule has 3 nitrogen and oxygen atoms in total. The molecule has 1 heterocycles. The molecule has 1 saturated heterocycles. The van der Waals surface area contributed by atoms with Crippen molar-refractivity contribution in [2.45, 2.75) is 26.8 Å². The Bertz CT molecular complexity index is 403. The SMILES string of the molecule is Cc1ccc(C(=O)N2CCN(C(C)C)CC2)cc1. The third-order valence-corrected chi connectivity index (χ3v) is 3.63. The van der Waals surface area contributed by atoms with Gasteiger partial charge >= 0.3 is 0 Å². The fourth-order valence-electron chi connectivity index (χ4n) is 2.32. The summed E-state index contributed by atoms with van der Waals surface area (Å²) in [6.07, 6.45) is 0. The van der Waals surface area contributed by atoms with Crippen LogP contribution in [-0.2, 0) is 0 Å². The number of amides is 1. The number of carbonyl (C=O) groups excluding carboxylic acids is 1. The van der Waals surface area contributed by atoms with E-state index in [1.54, 1.807) is 0 Å². The van der Waals surface area contributed by atoms with Gasteiger partial charge in [-0.2, -0.15) is 0 Å². The normalized spacial score (nSPS) is 17.2. The van der Waals surface area contributed by atoms with E-state index < -0.39 is 0 Å². The first-order chi connectivity index (χ1) is 8.58. The van der Waals surface area contributed by atoms with Crippen molar-refractivity contribution in [2.75, 3.05) is 26.2 Å². The molecule has 0 aromatic heterocycles. The maximum absolute atomic E-state index is 12.3. The van der Waals surface area contributed by atoms with Crippen LogP contribution < -0.4 is 0 Å². The number of nitrogens with zero attached hydrogens (tertiary/aromatic N) is 2. The van der Waals surface area contributed by atoms with Gasteiger partial charge in [-0.3, -0.25) is 9.69 Å². The van der Waals surface area contributed by atoms with Crippen LogP contribution >= 0.6 is 0 Å². The summed E-state index contributed by atoms with van der Waals surface area (Å²) in [6.45, 7) is 10.1. The van der Waals surface area contributed by atoms with Gasteiger partial charge in [-0.15, -0.1) is 0 Å². The third kappa shape index (κ3) is 2.91. The highest BCUT2D eigenvalue weighted by atomic mass is 16.2. The van der Waals surface area contributed by atoms with E-state index in [9.17, 15) is 4.79 Å². The minimum atomic E-state index is 0.165. The van der Waals surface area contributed by atoms with Crippen LogP contribution in [0.5, 0.6) is 0 Å². The van der Waals surface area contributed by atoms with Crippen LogP contribution in [0.1, 0.15) is 29.8 Å². The first-order valence-corrected chi connectivity index (χ1v) is 6.68. The van der Waals surface area contributed by atoms with E-state index in [4.69, 9.17) is 0 Å². The van der Waals surface area contributed by atoms with E-state index in [1.165, 1.54) is 5.56 Å². The fourth-order valence-corrected chi connectivity index (χ4v) is 2.32. The summed E-state index contributed by atoms with van der Waals surface area (Å²) in [6, 6.07) is 8.41. The van der Waals surface area contributed by atoms with Crippen molar-refractivity contribution in [1.29, 1.82) is 0 Å². The maximum atomic E-state index is 12.3. The Kier molecular flexibility index (Phi) is 4.02. The van der Waals surface area contributed by atoms with E-state index in [0.717, 1.165) is 31.7 Å². The van der Waals surface area contributed by atoms with E-state index in [1.807, 2.05) is 36.1 Å². The molecule has 0 unspecified atom stereocenters. The summed E-state index contributed by atoms with van der Waals surface area (Å²) in [5.41, 5.74) is 2.00. The molecule has 1 aromatic rings. The highest BCUT2D eigenvalue weighted by Crippen LogP contribution is 2.11. The average Bonchev–Trinajstić information content (AvgIpc) is 2.39. The number of carbonyl (C=O) groups is 1. The van der Waals surface area contributed by atoms with E-state index in [2.05, 4.69) is 18.7 Å². The Hall–Kier alpha value is -1.35. The number of piperazine rings is 1. The third-order valence-electron chi connectivity index (χ3n) is 3.63. The molecule has 2 rings (SSSR count). The highest BCUT2D eigenvalue weighted by molar-refractivity contribution is 5.94. The molecular weight excluding hydrogens is 224 g/mol. The van der Waals surface area contributed by atoms with Crippen molar-refractivity contribution in [2.24, 2.45) is 0 Å². The van der Waals surface area contributed by atoms with Crippen LogP contribution in [0, 0.1) is 6.92 Å². The van der Waals surface area contributed by atoms with Crippen LogP contribution in [0.3, 0.4) is 0 Å². The number of hydrogen-bond acceptors (Lipinski definition) is 2. The second kappa shape index (κ2) is 5.53. The summed E-state index contributed by atoms with van der Waals surface area (Å²) in [5, 5.41) is 0. The van der Waals surface area contributed by atoms with Crippen LogP contribution in [0.2, 0.25) is 0 Å². The van der Waals surface area contributed by atoms with Crippen molar-refractivity contribution >= 4 is 5.91 Å². The van der Waals surface area contributed by atoms with Gasteiger partial charge in [-0.1, -0.05) is 17.7 Å². The maximum Gasteiger partial charge on any atom is 0.253 e. The van der Waals surface area contributed by atoms with Crippen molar-refractivity contribution < 1.29 is 4.79 Å². The van der Waals surface area contributed by atoms with Gasteiger partial charge in [0.05, 0.1) is 0 Å². The summed E-state index contributed by atoms with van der Waals surface area (Å²) >= 11 is 0. The summed E-state index contributed by atoms with van der Waals surface area (Å²) < 4.78 is 0. The molecule has 3 heteroatoms. The van der Waals surface area contributed by atoms with Crippen LogP contribution in [0.25, 0.3) is 0 Å². The Morgan fingerprint density at radius 3 is 2.11 bits per heavy atom. The topological polar surface area (TPSA) is 23.6 Å². The van der Waals surface area contributed by atoms with Gasteiger partial charge in [0.2, 0.25) is 0 Å². The molecule has 1 fully saturated rings. The Balaban J connectivity index is 1.97. The quantitative estimate of drug-likeness (QED) is 0.798. The van der Waals surface area contributed by atoms with Gasteiger partial charge in [-0.25, -0.2) is 0 Å². The van der Waals surface area contributed by atoms with Gasteiger partial charge in [0, 0.05) is 37.8 Å². The number of benzene rings is 1. The minimum Gasteiger partial charge on any atom is -0.336 e. The van der Waals surface area contributed by atoms with Gasteiger partial charge in [0.1, 0.15) is 0 Å². The lowest BCUT2D eigenvalue weighted by Gasteiger charge is -2.37. The monoisotopic (exact) mass is 246 g/mol. The molecule has 0 spiro atoms. The van der Waals surface area contributed by atoms with Gasteiger partial charge in [-0.05, 0) is 32.9 Å². The Morgan fingerprint density at radius 1 is 1.06 bits per heavy atom. The van der Waals surface area contributed by atoms with Crippen LogP contribution in [0.4, 0.5) is 0 Å². The number of rotatable bonds is 2. The molecular formula is C15H22N2O. The molecule has 0 atom stereocenters. The molecule has 0 bridgehead atoms. The first-order valence-electron chi connectivity index (χ1n) is 6.68. The number of aryl methyl sites for hydroxylation is 1. The van der Waals surface area contributed by atoms with Gasteiger partial charge in [0.25, 0.3) is 5.91 Å². The van der Waals surface area contributed by atoms with Crippen molar-refractivity contribution in [3.63, 3.8) is 0 Å². The van der Waals surface area contributed by atoms with E-state index in [0.29, 0.717) is 6.04 Å². The predicted octanol–water partition coefficient (Wildman–Crippen LogP) is 2.16. The molecule has 0 saturated carbocycles. The largest absolute Gasteiger partial charge is 0.336 e. The second-order valence-corrected chi connectivity index (χ2v) is 5.29. The van der Waals surface area contributed by atoms with Crippen molar-refractivity contribution in [1.82, 2.24) is 9.80 Å². The van der Waals surface area contributed by atoms with Crippen LogP contribution in [0.15, 0.2) is 24.3 Å². The van der Waals surface area contributed by atoms with Gasteiger partial charge in [0.15, 0.2) is 0 Å². The molecule has 1 aliphatic heterocycles. The smallest absolute Gasteiger partial charge is 0.253 e. The summed E-state index contributed by atoms with van der Waals surface area (Å²) in [7, 11) is 0. The van der Waals surface area contributed by atoms with Crippen molar-refractivity contribution in [3.05, 3.63) is 35.4 Å². The van der Waals surface area contributed by atoms with Gasteiger partial charge < -0.3 is 4.90 Å². The number of hydrogen-bond donors (Lipinski definition) is 0. The molecule has 98 valence electrons. The molecule has 0 radical (unpaired) electrons.